The van der Waals surface area contributed by atoms with Gasteiger partial charge in [-0.15, -0.1) is 0 Å². The van der Waals surface area contributed by atoms with Crippen LogP contribution in [-0.2, 0) is 11.2 Å². The van der Waals surface area contributed by atoms with Gasteiger partial charge in [-0.05, 0) is 25.0 Å². The van der Waals surface area contributed by atoms with E-state index in [0.717, 1.165) is 37.0 Å². The molecular weight excluding hydrogens is 370 g/mol. The number of nitrogens with zero attached hydrogens (tertiary/aromatic N) is 2. The van der Waals surface area contributed by atoms with Crippen molar-refractivity contribution in [2.75, 3.05) is 5.32 Å². The van der Waals surface area contributed by atoms with Crippen LogP contribution in [0.4, 0.5) is 5.69 Å². The van der Waals surface area contributed by atoms with Crippen LogP contribution in [0.1, 0.15) is 38.0 Å². The summed E-state index contributed by atoms with van der Waals surface area (Å²) in [4.78, 5) is 16.7. The number of amides is 1. The molecule has 0 bridgehead atoms. The maximum absolute atomic E-state index is 12.3. The summed E-state index contributed by atoms with van der Waals surface area (Å²) in [5.41, 5.74) is 1.57. The first-order valence-corrected chi connectivity index (χ1v) is 9.89. The second kappa shape index (κ2) is 7.24. The van der Waals surface area contributed by atoms with Gasteiger partial charge in [0.25, 0.3) is 5.79 Å². The van der Waals surface area contributed by atoms with Gasteiger partial charge in [-0.2, -0.15) is 4.98 Å². The quantitative estimate of drug-likeness (QED) is 0.696. The largest absolute Gasteiger partial charge is 0.448 e. The molecule has 3 aromatic rings. The average Bonchev–Trinajstić information content (AvgIpc) is 3.47. The fourth-order valence-corrected chi connectivity index (χ4v) is 3.79. The van der Waals surface area contributed by atoms with Crippen molar-refractivity contribution in [3.63, 3.8) is 0 Å². The van der Waals surface area contributed by atoms with E-state index in [2.05, 4.69) is 15.5 Å². The minimum Gasteiger partial charge on any atom is -0.448 e. The van der Waals surface area contributed by atoms with Gasteiger partial charge >= 0.3 is 0 Å². The Labute approximate surface area is 168 Å². The van der Waals surface area contributed by atoms with E-state index < -0.39 is 5.79 Å². The molecule has 0 atom stereocenters. The van der Waals surface area contributed by atoms with Gasteiger partial charge in [-0.3, -0.25) is 4.79 Å². The Kier molecular flexibility index (Phi) is 4.42. The van der Waals surface area contributed by atoms with Gasteiger partial charge in [0.2, 0.25) is 17.6 Å². The van der Waals surface area contributed by atoms with Crippen LogP contribution in [0.15, 0.2) is 53.1 Å². The van der Waals surface area contributed by atoms with Crippen molar-refractivity contribution < 1.29 is 18.8 Å². The predicted octanol–water partition coefficient (Wildman–Crippen LogP) is 4.35. The third-order valence-corrected chi connectivity index (χ3v) is 5.25. The third kappa shape index (κ3) is 3.68. The van der Waals surface area contributed by atoms with E-state index in [4.69, 9.17) is 14.0 Å². The number of aryl methyl sites for hydroxylation is 1. The number of carbonyl (C=O) groups is 1. The summed E-state index contributed by atoms with van der Waals surface area (Å²) in [5.74, 6) is 1.77. The Morgan fingerprint density at radius 3 is 2.66 bits per heavy atom. The second-order valence-corrected chi connectivity index (χ2v) is 7.41. The number of benzene rings is 2. The molecule has 0 radical (unpaired) electrons. The Balaban J connectivity index is 1.18. The van der Waals surface area contributed by atoms with Crippen molar-refractivity contribution in [3.05, 3.63) is 54.4 Å². The molecule has 0 saturated heterocycles. The number of aromatic nitrogens is 2. The van der Waals surface area contributed by atoms with E-state index in [9.17, 15) is 4.79 Å². The fourth-order valence-electron chi connectivity index (χ4n) is 3.79. The van der Waals surface area contributed by atoms with Crippen molar-refractivity contribution in [2.45, 2.75) is 44.3 Å². The average molecular weight is 391 g/mol. The van der Waals surface area contributed by atoms with Crippen molar-refractivity contribution in [3.8, 4) is 22.9 Å². The highest BCUT2D eigenvalue weighted by Gasteiger charge is 2.44. The molecule has 7 heteroatoms. The highest BCUT2D eigenvalue weighted by molar-refractivity contribution is 5.91. The van der Waals surface area contributed by atoms with Gasteiger partial charge in [-0.25, -0.2) is 0 Å². The molecule has 7 nitrogen and oxygen atoms in total. The molecule has 2 aromatic carbocycles. The zero-order valence-electron chi connectivity index (χ0n) is 15.9. The molecule has 0 unspecified atom stereocenters. The molecule has 1 amide bonds. The Hall–Kier alpha value is -3.35. The minimum atomic E-state index is -0.501. The first-order valence-electron chi connectivity index (χ1n) is 9.89. The highest BCUT2D eigenvalue weighted by Crippen LogP contribution is 2.47. The first kappa shape index (κ1) is 17.7. The molecule has 1 fully saturated rings. The molecule has 1 saturated carbocycles. The fraction of sp³-hybridized carbons (Fsp3) is 0.318. The number of ether oxygens (including phenoxy) is 2. The lowest BCUT2D eigenvalue weighted by molar-refractivity contribution is -0.116. The standard InChI is InChI=1S/C22H21N3O4/c26-19(10-11-20-24-21(25-29-20)15-6-2-1-3-7-15)23-16-8-9-17-18(14-16)28-22(27-17)12-4-5-13-22/h1-3,6-9,14H,4-5,10-13H2,(H,23,26). The summed E-state index contributed by atoms with van der Waals surface area (Å²) >= 11 is 0. The Morgan fingerprint density at radius 1 is 1.03 bits per heavy atom. The van der Waals surface area contributed by atoms with Gasteiger partial charge in [0, 0.05) is 43.0 Å². The smallest absolute Gasteiger partial charge is 0.251 e. The van der Waals surface area contributed by atoms with Crippen molar-refractivity contribution >= 4 is 11.6 Å². The van der Waals surface area contributed by atoms with Gasteiger partial charge in [0.05, 0.1) is 0 Å². The van der Waals surface area contributed by atoms with Gasteiger partial charge < -0.3 is 19.3 Å². The van der Waals surface area contributed by atoms with Crippen LogP contribution < -0.4 is 14.8 Å². The van der Waals surface area contributed by atoms with Crippen LogP contribution in [-0.4, -0.2) is 21.8 Å². The van der Waals surface area contributed by atoms with Crippen molar-refractivity contribution in [1.82, 2.24) is 10.1 Å². The molecular formula is C22H21N3O4. The third-order valence-electron chi connectivity index (χ3n) is 5.25. The van der Waals surface area contributed by atoms with E-state index >= 15 is 0 Å². The Bertz CT molecular complexity index is 1030. The summed E-state index contributed by atoms with van der Waals surface area (Å²) in [7, 11) is 0. The lowest BCUT2D eigenvalue weighted by atomic mass is 10.2. The maximum Gasteiger partial charge on any atom is 0.251 e. The number of rotatable bonds is 5. The molecule has 1 aliphatic carbocycles. The van der Waals surface area contributed by atoms with E-state index in [1.165, 1.54) is 0 Å². The van der Waals surface area contributed by atoms with Crippen LogP contribution in [0.2, 0.25) is 0 Å². The monoisotopic (exact) mass is 391 g/mol. The van der Waals surface area contributed by atoms with Crippen molar-refractivity contribution in [2.24, 2.45) is 0 Å². The summed E-state index contributed by atoms with van der Waals surface area (Å²) in [5, 5.41) is 6.87. The number of hydrogen-bond acceptors (Lipinski definition) is 6. The molecule has 1 aromatic heterocycles. The molecule has 2 aliphatic rings. The van der Waals surface area contributed by atoms with Crippen LogP contribution in [0.3, 0.4) is 0 Å². The normalized spacial score (nSPS) is 16.3. The van der Waals surface area contributed by atoms with E-state index in [1.807, 2.05) is 48.5 Å². The van der Waals surface area contributed by atoms with E-state index in [1.54, 1.807) is 0 Å². The zero-order valence-corrected chi connectivity index (χ0v) is 15.9. The number of nitrogens with one attached hydrogen (secondary N) is 1. The summed E-state index contributed by atoms with van der Waals surface area (Å²) < 4.78 is 17.3. The topological polar surface area (TPSA) is 86.5 Å². The van der Waals surface area contributed by atoms with Crippen molar-refractivity contribution in [1.29, 1.82) is 0 Å². The van der Waals surface area contributed by atoms with Crippen LogP contribution in [0, 0.1) is 0 Å². The molecule has 1 spiro atoms. The summed E-state index contributed by atoms with van der Waals surface area (Å²) in [6.07, 6.45) is 4.64. The Morgan fingerprint density at radius 2 is 1.83 bits per heavy atom. The zero-order chi connectivity index (χ0) is 19.7. The van der Waals surface area contributed by atoms with E-state index in [-0.39, 0.29) is 12.3 Å². The van der Waals surface area contributed by atoms with Gasteiger partial charge in [-0.1, -0.05) is 35.5 Å². The number of fused-ring (bicyclic) bond motifs is 1. The summed E-state index contributed by atoms with van der Waals surface area (Å²) in [6, 6.07) is 15.1. The second-order valence-electron chi connectivity index (χ2n) is 7.41. The lowest BCUT2D eigenvalue weighted by Gasteiger charge is -2.21. The molecule has 29 heavy (non-hydrogen) atoms. The number of carbonyl (C=O) groups excluding carboxylic acids is 1. The molecule has 148 valence electrons. The minimum absolute atomic E-state index is 0.126. The first-order chi connectivity index (χ1) is 14.2. The van der Waals surface area contributed by atoms with Crippen LogP contribution in [0.5, 0.6) is 11.5 Å². The highest BCUT2D eigenvalue weighted by atomic mass is 16.7. The number of anilines is 1. The van der Waals surface area contributed by atoms with Crippen LogP contribution in [0.25, 0.3) is 11.4 Å². The van der Waals surface area contributed by atoms with Gasteiger partial charge in [0.15, 0.2) is 11.5 Å². The van der Waals surface area contributed by atoms with Crippen LogP contribution >= 0.6 is 0 Å². The maximum atomic E-state index is 12.3. The number of hydrogen-bond donors (Lipinski definition) is 1. The summed E-state index contributed by atoms with van der Waals surface area (Å²) in [6.45, 7) is 0. The molecule has 1 N–H and O–H groups in total. The predicted molar refractivity (Wildman–Crippen MR) is 106 cm³/mol. The van der Waals surface area contributed by atoms with Gasteiger partial charge in [0.1, 0.15) is 0 Å². The lowest BCUT2D eigenvalue weighted by Crippen LogP contribution is -2.34. The molecule has 2 heterocycles. The molecule has 1 aliphatic heterocycles. The van der Waals surface area contributed by atoms with E-state index in [0.29, 0.717) is 29.6 Å². The SMILES string of the molecule is O=C(CCc1nc(-c2ccccc2)no1)Nc1ccc2c(c1)OC1(CCCC1)O2. The molecule has 5 rings (SSSR count).